The number of amides is 1. The highest BCUT2D eigenvalue weighted by Crippen LogP contribution is 2.34. The van der Waals surface area contributed by atoms with E-state index in [1.54, 1.807) is 6.08 Å². The van der Waals surface area contributed by atoms with Crippen molar-refractivity contribution in [2.45, 2.75) is 13.0 Å². The number of carboxylic acids is 1. The van der Waals surface area contributed by atoms with Crippen LogP contribution in [0.25, 0.3) is 6.08 Å². The molecule has 2 rings (SSSR count). The van der Waals surface area contributed by atoms with Gasteiger partial charge in [-0.1, -0.05) is 52.0 Å². The van der Waals surface area contributed by atoms with Gasteiger partial charge in [-0.2, -0.15) is 0 Å². The molecule has 104 valence electrons. The molecule has 0 radical (unpaired) electrons. The second-order valence-electron chi connectivity index (χ2n) is 4.12. The van der Waals surface area contributed by atoms with E-state index in [1.165, 1.54) is 6.92 Å². The zero-order valence-corrected chi connectivity index (χ0v) is 13.6. The van der Waals surface area contributed by atoms with Crippen LogP contribution in [-0.2, 0) is 9.59 Å². The van der Waals surface area contributed by atoms with Gasteiger partial charge in [0.15, 0.2) is 0 Å². The largest absolute Gasteiger partial charge is 0.480 e. The lowest BCUT2D eigenvalue weighted by Gasteiger charge is -2.18. The highest BCUT2D eigenvalue weighted by atomic mass is 79.9. The number of carbonyl (C=O) groups is 2. The van der Waals surface area contributed by atoms with Crippen LogP contribution >= 0.6 is 39.9 Å². The smallest absolute Gasteiger partial charge is 0.326 e. The third-order valence-electron chi connectivity index (χ3n) is 2.71. The minimum atomic E-state index is -1.08. The Morgan fingerprint density at radius 3 is 2.85 bits per heavy atom. The van der Waals surface area contributed by atoms with Crippen LogP contribution in [0.2, 0.25) is 0 Å². The van der Waals surface area contributed by atoms with Crippen LogP contribution in [0, 0.1) is 0 Å². The minimum Gasteiger partial charge on any atom is -0.480 e. The van der Waals surface area contributed by atoms with Crippen molar-refractivity contribution in [2.75, 3.05) is 0 Å². The summed E-state index contributed by atoms with van der Waals surface area (Å²) in [7, 11) is 0. The van der Waals surface area contributed by atoms with Crippen LogP contribution in [0.1, 0.15) is 12.5 Å². The van der Waals surface area contributed by atoms with Crippen molar-refractivity contribution in [3.05, 3.63) is 39.2 Å². The van der Waals surface area contributed by atoms with E-state index in [2.05, 4.69) is 15.9 Å². The summed E-state index contributed by atoms with van der Waals surface area (Å²) < 4.78 is 1.17. The molecule has 1 N–H and O–H groups in total. The Balaban J connectivity index is 2.30. The molecule has 1 atom stereocenters. The number of hydrogen-bond acceptors (Lipinski definition) is 4. The fraction of sp³-hybridized carbons (Fsp3) is 0.154. The number of carboxylic acid groups (broad SMARTS) is 1. The summed E-state index contributed by atoms with van der Waals surface area (Å²) in [6.45, 7) is 1.44. The van der Waals surface area contributed by atoms with E-state index in [9.17, 15) is 9.59 Å². The van der Waals surface area contributed by atoms with Crippen LogP contribution in [0.15, 0.2) is 33.6 Å². The monoisotopic (exact) mass is 371 g/mol. The van der Waals surface area contributed by atoms with Crippen molar-refractivity contribution in [2.24, 2.45) is 0 Å². The number of nitrogens with zero attached hydrogens (tertiary/aromatic N) is 1. The number of thioether (sulfide) groups is 1. The predicted molar refractivity (Wildman–Crippen MR) is 86.3 cm³/mol. The first-order valence-electron chi connectivity index (χ1n) is 5.65. The maximum Gasteiger partial charge on any atom is 0.326 e. The van der Waals surface area contributed by atoms with Gasteiger partial charge in [-0.25, -0.2) is 4.79 Å². The van der Waals surface area contributed by atoms with Gasteiger partial charge in [0.1, 0.15) is 10.4 Å². The van der Waals surface area contributed by atoms with E-state index < -0.39 is 12.0 Å². The maximum atomic E-state index is 12.2. The van der Waals surface area contributed by atoms with Gasteiger partial charge in [-0.15, -0.1) is 0 Å². The minimum absolute atomic E-state index is 0.270. The lowest BCUT2D eigenvalue weighted by Crippen LogP contribution is -2.41. The Morgan fingerprint density at radius 1 is 1.55 bits per heavy atom. The van der Waals surface area contributed by atoms with Gasteiger partial charge in [0, 0.05) is 4.47 Å². The molecule has 1 fully saturated rings. The molecule has 0 aromatic heterocycles. The molecular weight excluding hydrogens is 362 g/mol. The number of carbonyl (C=O) groups excluding carboxylic acids is 1. The highest BCUT2D eigenvalue weighted by Gasteiger charge is 2.38. The van der Waals surface area contributed by atoms with E-state index in [0.717, 1.165) is 26.7 Å². The quantitative estimate of drug-likeness (QED) is 0.653. The van der Waals surface area contributed by atoms with Crippen molar-refractivity contribution in [3.8, 4) is 0 Å². The van der Waals surface area contributed by atoms with Crippen LogP contribution in [0.5, 0.6) is 0 Å². The van der Waals surface area contributed by atoms with Crippen LogP contribution in [0.4, 0.5) is 0 Å². The molecule has 20 heavy (non-hydrogen) atoms. The van der Waals surface area contributed by atoms with Gasteiger partial charge < -0.3 is 5.11 Å². The summed E-state index contributed by atoms with van der Waals surface area (Å²) in [4.78, 5) is 24.8. The number of rotatable bonds is 3. The summed E-state index contributed by atoms with van der Waals surface area (Å²) in [5, 5.41) is 9.00. The van der Waals surface area contributed by atoms with E-state index in [4.69, 9.17) is 17.3 Å². The molecule has 0 unspecified atom stereocenters. The molecule has 4 nitrogen and oxygen atoms in total. The lowest BCUT2D eigenvalue weighted by atomic mass is 10.2. The fourth-order valence-corrected chi connectivity index (χ4v) is 3.51. The van der Waals surface area contributed by atoms with Crippen molar-refractivity contribution in [1.29, 1.82) is 0 Å². The van der Waals surface area contributed by atoms with Crippen molar-refractivity contribution in [3.63, 3.8) is 0 Å². The Kier molecular flexibility index (Phi) is 4.62. The van der Waals surface area contributed by atoms with Gasteiger partial charge in [0.25, 0.3) is 5.91 Å². The third kappa shape index (κ3) is 3.11. The zero-order valence-electron chi connectivity index (χ0n) is 10.4. The summed E-state index contributed by atoms with van der Waals surface area (Å²) in [6, 6.07) is 6.51. The molecule has 1 heterocycles. The highest BCUT2D eigenvalue weighted by molar-refractivity contribution is 9.10. The summed E-state index contributed by atoms with van der Waals surface area (Å²) >= 11 is 9.56. The number of halogens is 1. The van der Waals surface area contributed by atoms with Crippen LogP contribution in [-0.4, -0.2) is 32.2 Å². The first-order chi connectivity index (χ1) is 9.40. The lowest BCUT2D eigenvalue weighted by molar-refractivity contribution is -0.144. The molecule has 0 aliphatic carbocycles. The second-order valence-corrected chi connectivity index (χ2v) is 6.71. The summed E-state index contributed by atoms with van der Waals surface area (Å²) in [6.07, 6.45) is 1.71. The molecule has 0 saturated carbocycles. The Bertz CT molecular complexity index is 630. The molecule has 1 aromatic carbocycles. The van der Waals surface area contributed by atoms with Crippen LogP contribution < -0.4 is 0 Å². The molecule has 1 saturated heterocycles. The van der Waals surface area contributed by atoms with Crippen LogP contribution in [0.3, 0.4) is 0 Å². The zero-order chi connectivity index (χ0) is 14.9. The predicted octanol–water partition coefficient (Wildman–Crippen LogP) is 3.12. The SMILES string of the molecule is C[C@H](C(=O)O)N1C(=O)C(=Cc2cccc(Br)c2)SC1=S. The first-order valence-corrected chi connectivity index (χ1v) is 7.67. The van der Waals surface area contributed by atoms with Gasteiger partial charge >= 0.3 is 5.97 Å². The average Bonchev–Trinajstić information content (AvgIpc) is 2.63. The molecule has 0 spiro atoms. The van der Waals surface area contributed by atoms with Crippen molar-refractivity contribution < 1.29 is 14.7 Å². The van der Waals surface area contributed by atoms with Gasteiger partial charge in [0.05, 0.1) is 4.91 Å². The average molecular weight is 372 g/mol. The molecular formula is C13H10BrNO3S2. The van der Waals surface area contributed by atoms with E-state index in [0.29, 0.717) is 4.91 Å². The number of thiocarbonyl (C=S) groups is 1. The van der Waals surface area contributed by atoms with E-state index in [1.807, 2.05) is 24.3 Å². The van der Waals surface area contributed by atoms with Gasteiger partial charge in [-0.05, 0) is 30.7 Å². The Hall–Kier alpha value is -1.18. The third-order valence-corrected chi connectivity index (χ3v) is 4.54. The van der Waals surface area contributed by atoms with Crippen molar-refractivity contribution in [1.82, 2.24) is 4.90 Å². The fourth-order valence-electron chi connectivity index (χ4n) is 1.67. The first kappa shape index (κ1) is 15.2. The standard InChI is InChI=1S/C13H10BrNO3S2/c1-7(12(17)18)15-11(16)10(20-13(15)19)6-8-3-2-4-9(14)5-8/h2-7H,1H3,(H,17,18)/t7-/m1/s1. The molecule has 7 heteroatoms. The van der Waals surface area contributed by atoms with Crippen molar-refractivity contribution >= 4 is 62.2 Å². The van der Waals surface area contributed by atoms with E-state index >= 15 is 0 Å². The normalized spacial score (nSPS) is 18.7. The summed E-state index contributed by atoms with van der Waals surface area (Å²) in [5.74, 6) is -1.44. The molecule has 0 bridgehead atoms. The van der Waals surface area contributed by atoms with E-state index in [-0.39, 0.29) is 10.2 Å². The molecule has 1 amide bonds. The number of aliphatic carboxylic acids is 1. The summed E-state index contributed by atoms with van der Waals surface area (Å²) in [5.41, 5.74) is 0.850. The number of hydrogen-bond donors (Lipinski definition) is 1. The van der Waals surface area contributed by atoms with Gasteiger partial charge in [-0.3, -0.25) is 9.69 Å². The topological polar surface area (TPSA) is 57.6 Å². The second kappa shape index (κ2) is 6.07. The Labute approximate surface area is 134 Å². The number of benzene rings is 1. The molecule has 1 aromatic rings. The molecule has 1 aliphatic rings. The Morgan fingerprint density at radius 2 is 2.25 bits per heavy atom. The van der Waals surface area contributed by atoms with Gasteiger partial charge in [0.2, 0.25) is 0 Å². The molecule has 1 aliphatic heterocycles. The maximum absolute atomic E-state index is 12.2.